The van der Waals surface area contributed by atoms with Crippen molar-refractivity contribution in [2.75, 3.05) is 0 Å². The second kappa shape index (κ2) is 17.7. The molecule has 0 radical (unpaired) electrons. The van der Waals surface area contributed by atoms with E-state index in [-0.39, 0.29) is 0 Å². The fraction of sp³-hybridized carbons (Fsp3) is 0.538. The van der Waals surface area contributed by atoms with Gasteiger partial charge in [0.15, 0.2) is 0 Å². The van der Waals surface area contributed by atoms with E-state index in [1.54, 1.807) is 0 Å². The molecule has 3 aromatic rings. The number of hydrogen-bond donors (Lipinski definition) is 0. The predicted molar refractivity (Wildman–Crippen MR) is 195 cm³/mol. The molecule has 0 fully saturated rings. The number of benzene rings is 3. The van der Waals surface area contributed by atoms with Crippen LogP contribution in [0.3, 0.4) is 0 Å². The smallest absolute Gasteiger partial charge is 0.642 e. The molecule has 0 aromatic heterocycles. The van der Waals surface area contributed by atoms with E-state index in [4.69, 9.17) is 11.4 Å². The topological polar surface area (TPSA) is 27.7 Å². The van der Waals surface area contributed by atoms with E-state index in [9.17, 15) is 0 Å². The molecule has 240 valence electrons. The van der Waals surface area contributed by atoms with Gasteiger partial charge in [0, 0.05) is 0 Å². The van der Waals surface area contributed by atoms with Gasteiger partial charge < -0.3 is 11.4 Å². The summed E-state index contributed by atoms with van der Waals surface area (Å²) in [5, 5.41) is 0. The molecule has 0 heterocycles. The van der Waals surface area contributed by atoms with Crippen molar-refractivity contribution in [3.63, 3.8) is 0 Å². The Morgan fingerprint density at radius 1 is 0.364 bits per heavy atom. The standard InChI is InChI=1S/3C12H18O.3CH3.2Al/c3*1-8(2)10-6-5-7-11(9(3)4)12(10)13;;;;;/h3*5-9,13H,1-4H3;3*1H3;;/q;;;;;;+1;+2/p-3. The third kappa shape index (κ3) is 10.6. The SMILES string of the molecule is CC(C)c1cccc(C(C)C)c1[O][Al]([CH3])[CH3].CC(C)c1cccc(C(C)C)c1[O][Al]([CH3])[O]c1c(C(C)C)cccc1C(C)C. The zero-order chi connectivity index (χ0) is 33.3. The third-order valence-corrected chi connectivity index (χ3v) is 9.72. The average Bonchev–Trinajstić information content (AvgIpc) is 2.92. The van der Waals surface area contributed by atoms with E-state index in [2.05, 4.69) is 155 Å². The summed E-state index contributed by atoms with van der Waals surface area (Å²) in [7, 11) is 0. The molecule has 0 aliphatic heterocycles. The Morgan fingerprint density at radius 3 is 0.750 bits per heavy atom. The summed E-state index contributed by atoms with van der Waals surface area (Å²) in [6.07, 6.45) is 0. The summed E-state index contributed by atoms with van der Waals surface area (Å²) in [4.78, 5) is 0. The van der Waals surface area contributed by atoms with Crippen molar-refractivity contribution >= 4 is 29.3 Å². The fourth-order valence-electron chi connectivity index (χ4n) is 5.45. The molecular weight excluding hydrogens is 570 g/mol. The Kier molecular flexibility index (Phi) is 15.4. The first-order valence-electron chi connectivity index (χ1n) is 16.9. The average molecular weight is 631 g/mol. The van der Waals surface area contributed by atoms with Crippen molar-refractivity contribution in [3.05, 3.63) is 88.0 Å². The molecule has 0 N–H and O–H groups in total. The second-order valence-corrected chi connectivity index (χ2v) is 18.1. The molecule has 0 unspecified atom stereocenters. The summed E-state index contributed by atoms with van der Waals surface area (Å²) in [6.45, 7) is 26.7. The Labute approximate surface area is 280 Å². The second-order valence-electron chi connectivity index (χ2n) is 14.2. The largest absolute Gasteiger partial charge is 0.853 e. The maximum absolute atomic E-state index is 6.59. The molecule has 0 atom stereocenters. The van der Waals surface area contributed by atoms with Gasteiger partial charge in [-0.1, -0.05) is 149 Å². The van der Waals surface area contributed by atoms with E-state index in [0.29, 0.717) is 35.5 Å². The summed E-state index contributed by atoms with van der Waals surface area (Å²) < 4.78 is 19.3. The number of para-hydroxylation sites is 3. The lowest BCUT2D eigenvalue weighted by Gasteiger charge is -2.26. The normalized spacial score (nSPS) is 11.4. The van der Waals surface area contributed by atoms with Crippen LogP contribution in [0.5, 0.6) is 17.2 Å². The molecule has 0 amide bonds. The summed E-state index contributed by atoms with van der Waals surface area (Å²) in [5.74, 6) is 12.6. The van der Waals surface area contributed by atoms with Crippen LogP contribution in [-0.2, 0) is 0 Å². The van der Waals surface area contributed by atoms with E-state index in [0.717, 1.165) is 17.2 Å². The molecular formula is C39H60Al2O3. The van der Waals surface area contributed by atoms with Crippen LogP contribution in [0.4, 0.5) is 0 Å². The van der Waals surface area contributed by atoms with Gasteiger partial charge in [0.1, 0.15) is 0 Å². The lowest BCUT2D eigenvalue weighted by atomic mass is 9.94. The van der Waals surface area contributed by atoms with Gasteiger partial charge in [-0.15, -0.1) is 0 Å². The quantitative estimate of drug-likeness (QED) is 0.186. The summed E-state index contributed by atoms with van der Waals surface area (Å²) in [6, 6.07) is 19.6. The van der Waals surface area contributed by atoms with E-state index in [1.165, 1.54) is 33.4 Å². The lowest BCUT2D eigenvalue weighted by Crippen LogP contribution is -2.28. The Balaban J connectivity index is 0.000000358. The first kappa shape index (κ1) is 38.3. The zero-order valence-electron chi connectivity index (χ0n) is 30.5. The van der Waals surface area contributed by atoms with Crippen LogP contribution < -0.4 is 11.4 Å². The number of hydrogen-bond acceptors (Lipinski definition) is 3. The van der Waals surface area contributed by atoms with Crippen LogP contribution >= 0.6 is 0 Å². The molecule has 0 saturated carbocycles. The van der Waals surface area contributed by atoms with E-state index < -0.39 is 29.3 Å². The zero-order valence-corrected chi connectivity index (χ0v) is 32.8. The molecule has 0 spiro atoms. The highest BCUT2D eigenvalue weighted by Gasteiger charge is 2.30. The Bertz CT molecular complexity index is 1160. The van der Waals surface area contributed by atoms with Crippen LogP contribution in [0.1, 0.15) is 152 Å². The van der Waals surface area contributed by atoms with Gasteiger partial charge in [-0.2, -0.15) is 0 Å². The molecule has 0 saturated heterocycles. The van der Waals surface area contributed by atoms with Gasteiger partial charge in [-0.3, -0.25) is 0 Å². The minimum atomic E-state index is -1.93. The van der Waals surface area contributed by atoms with Crippen molar-refractivity contribution in [1.82, 2.24) is 0 Å². The first-order chi connectivity index (χ1) is 20.6. The molecule has 0 bridgehead atoms. The fourth-order valence-corrected chi connectivity index (χ4v) is 7.45. The van der Waals surface area contributed by atoms with Crippen molar-refractivity contribution in [2.24, 2.45) is 0 Å². The van der Waals surface area contributed by atoms with Gasteiger partial charge in [0.2, 0.25) is 0 Å². The lowest BCUT2D eigenvalue weighted by molar-refractivity contribution is 0.415. The van der Waals surface area contributed by atoms with Crippen molar-refractivity contribution in [3.8, 4) is 17.2 Å². The monoisotopic (exact) mass is 630 g/mol. The van der Waals surface area contributed by atoms with Crippen molar-refractivity contribution < 1.29 is 11.4 Å². The van der Waals surface area contributed by atoms with Gasteiger partial charge in [-0.05, 0) is 74.7 Å². The molecule has 0 aliphatic rings. The highest BCUT2D eigenvalue weighted by atomic mass is 27.2. The minimum absolute atomic E-state index is 0.420. The van der Waals surface area contributed by atoms with Crippen molar-refractivity contribution in [1.29, 1.82) is 0 Å². The molecule has 5 heteroatoms. The van der Waals surface area contributed by atoms with E-state index in [1.807, 2.05) is 0 Å². The molecule has 3 nitrogen and oxygen atoms in total. The molecule has 3 aromatic carbocycles. The summed E-state index contributed by atoms with van der Waals surface area (Å²) in [5.41, 5.74) is 7.80. The summed E-state index contributed by atoms with van der Waals surface area (Å²) >= 11 is -2.97. The van der Waals surface area contributed by atoms with E-state index >= 15 is 0 Å². The molecule has 3 rings (SSSR count). The maximum atomic E-state index is 6.59. The highest BCUT2D eigenvalue weighted by molar-refractivity contribution is 6.49. The first-order valence-corrected chi connectivity index (χ1v) is 21.8. The molecule has 0 aliphatic carbocycles. The van der Waals surface area contributed by atoms with Crippen LogP contribution in [0, 0.1) is 0 Å². The van der Waals surface area contributed by atoms with Gasteiger partial charge in [-0.25, -0.2) is 0 Å². The van der Waals surface area contributed by atoms with Crippen LogP contribution in [0.25, 0.3) is 0 Å². The van der Waals surface area contributed by atoms with Crippen LogP contribution in [-0.4, -0.2) is 29.3 Å². The van der Waals surface area contributed by atoms with Crippen molar-refractivity contribution in [2.45, 2.75) is 136 Å². The predicted octanol–water partition coefficient (Wildman–Crippen LogP) is 12.3. The Morgan fingerprint density at radius 2 is 0.568 bits per heavy atom. The minimum Gasteiger partial charge on any atom is -0.642 e. The maximum Gasteiger partial charge on any atom is 0.853 e. The van der Waals surface area contributed by atoms with Gasteiger partial charge in [0.05, 0.1) is 17.2 Å². The van der Waals surface area contributed by atoms with Gasteiger partial charge >= 0.3 is 29.3 Å². The van der Waals surface area contributed by atoms with Gasteiger partial charge in [0.25, 0.3) is 0 Å². The third-order valence-electron chi connectivity index (χ3n) is 7.88. The molecule has 44 heavy (non-hydrogen) atoms. The highest BCUT2D eigenvalue weighted by Crippen LogP contribution is 2.38. The Hall–Kier alpha value is -1.88. The van der Waals surface area contributed by atoms with Crippen LogP contribution in [0.2, 0.25) is 17.4 Å². The van der Waals surface area contributed by atoms with Crippen LogP contribution in [0.15, 0.2) is 54.6 Å². The number of rotatable bonds is 12.